The molecule has 0 aromatic carbocycles. The molecule has 8 nitrogen and oxygen atoms in total. The number of rotatable bonds is 3. The number of nitrogens with one attached hydrogen (secondary N) is 1. The molecule has 0 bridgehead atoms. The van der Waals surface area contributed by atoms with Crippen molar-refractivity contribution in [3.63, 3.8) is 0 Å². The molecule has 2 aliphatic rings. The average Bonchev–Trinajstić information content (AvgIpc) is 2.50. The summed E-state index contributed by atoms with van der Waals surface area (Å²) in [5.41, 5.74) is 2.11. The zero-order chi connectivity index (χ0) is 15.4. The summed E-state index contributed by atoms with van der Waals surface area (Å²) in [6.07, 6.45) is 1.35. The van der Waals surface area contributed by atoms with Crippen LogP contribution in [0.1, 0.15) is 19.3 Å². The van der Waals surface area contributed by atoms with Crippen LogP contribution in [0.2, 0.25) is 0 Å². The van der Waals surface area contributed by atoms with E-state index in [-0.39, 0.29) is 41.8 Å². The standard InChI is InChI=1S/C12H18N4O4S/c13-14-11(19)8-1-4-15(5-2-8)10(18)7-16-9(17)3-6-21-12(16)20/h8H,1-7,13H2,(H,14,19). The Balaban J connectivity index is 1.86. The summed E-state index contributed by atoms with van der Waals surface area (Å²) in [7, 11) is 0. The van der Waals surface area contributed by atoms with Crippen molar-refractivity contribution in [1.82, 2.24) is 15.2 Å². The van der Waals surface area contributed by atoms with Crippen LogP contribution in [0.5, 0.6) is 0 Å². The molecular formula is C12H18N4O4S. The molecule has 2 aliphatic heterocycles. The van der Waals surface area contributed by atoms with Gasteiger partial charge in [0.1, 0.15) is 6.54 Å². The third kappa shape index (κ3) is 3.73. The van der Waals surface area contributed by atoms with Crippen LogP contribution >= 0.6 is 11.8 Å². The number of carbonyl (C=O) groups is 4. The van der Waals surface area contributed by atoms with E-state index >= 15 is 0 Å². The maximum Gasteiger partial charge on any atom is 0.288 e. The molecule has 21 heavy (non-hydrogen) atoms. The van der Waals surface area contributed by atoms with Gasteiger partial charge in [0, 0.05) is 31.2 Å². The van der Waals surface area contributed by atoms with Gasteiger partial charge in [0.2, 0.25) is 17.7 Å². The second-order valence-electron chi connectivity index (χ2n) is 5.01. The summed E-state index contributed by atoms with van der Waals surface area (Å²) in [5.74, 6) is 4.59. The van der Waals surface area contributed by atoms with Gasteiger partial charge >= 0.3 is 0 Å². The minimum atomic E-state index is -0.364. The highest BCUT2D eigenvalue weighted by molar-refractivity contribution is 8.13. The zero-order valence-electron chi connectivity index (χ0n) is 11.5. The van der Waals surface area contributed by atoms with Gasteiger partial charge in [-0.2, -0.15) is 0 Å². The third-order valence-electron chi connectivity index (χ3n) is 3.72. The molecule has 4 amide bonds. The smallest absolute Gasteiger partial charge is 0.288 e. The van der Waals surface area contributed by atoms with Gasteiger partial charge in [-0.3, -0.25) is 29.5 Å². The molecule has 0 radical (unpaired) electrons. The van der Waals surface area contributed by atoms with E-state index in [0.717, 1.165) is 16.7 Å². The van der Waals surface area contributed by atoms with Crippen molar-refractivity contribution in [3.05, 3.63) is 0 Å². The number of hydrazine groups is 1. The number of carbonyl (C=O) groups excluding carboxylic acids is 4. The van der Waals surface area contributed by atoms with Crippen LogP contribution in [0.15, 0.2) is 0 Å². The highest BCUT2D eigenvalue weighted by Gasteiger charge is 2.32. The molecule has 2 saturated heterocycles. The molecule has 2 fully saturated rings. The van der Waals surface area contributed by atoms with Crippen molar-refractivity contribution >= 4 is 34.7 Å². The Kier molecular flexibility index (Phi) is 5.18. The summed E-state index contributed by atoms with van der Waals surface area (Å²) in [5, 5.41) is -0.364. The van der Waals surface area contributed by atoms with Gasteiger partial charge in [-0.1, -0.05) is 11.8 Å². The van der Waals surface area contributed by atoms with E-state index < -0.39 is 0 Å². The molecule has 3 N–H and O–H groups in total. The lowest BCUT2D eigenvalue weighted by Crippen LogP contribution is -2.49. The van der Waals surface area contributed by atoms with E-state index in [1.807, 2.05) is 0 Å². The Morgan fingerprint density at radius 1 is 1.29 bits per heavy atom. The lowest BCUT2D eigenvalue weighted by atomic mass is 9.96. The number of imide groups is 1. The predicted molar refractivity (Wildman–Crippen MR) is 75.8 cm³/mol. The van der Waals surface area contributed by atoms with Crippen LogP contribution in [0, 0.1) is 5.92 Å². The van der Waals surface area contributed by atoms with Crippen molar-refractivity contribution in [3.8, 4) is 0 Å². The summed E-state index contributed by atoms with van der Waals surface area (Å²) in [4.78, 5) is 49.4. The Morgan fingerprint density at radius 2 is 1.95 bits per heavy atom. The largest absolute Gasteiger partial charge is 0.341 e. The van der Waals surface area contributed by atoms with E-state index in [9.17, 15) is 19.2 Å². The fraction of sp³-hybridized carbons (Fsp3) is 0.667. The van der Waals surface area contributed by atoms with E-state index in [0.29, 0.717) is 31.7 Å². The normalized spacial score (nSPS) is 20.6. The molecule has 0 aliphatic carbocycles. The van der Waals surface area contributed by atoms with Gasteiger partial charge in [0.15, 0.2) is 0 Å². The summed E-state index contributed by atoms with van der Waals surface area (Å²) in [6.45, 7) is 0.652. The van der Waals surface area contributed by atoms with Crippen LogP contribution in [0.25, 0.3) is 0 Å². The lowest BCUT2D eigenvalue weighted by Gasteiger charge is -2.33. The number of piperidine rings is 1. The predicted octanol–water partition coefficient (Wildman–Crippen LogP) is -0.700. The average molecular weight is 314 g/mol. The zero-order valence-corrected chi connectivity index (χ0v) is 12.4. The monoisotopic (exact) mass is 314 g/mol. The Morgan fingerprint density at radius 3 is 2.52 bits per heavy atom. The first-order valence-corrected chi connectivity index (χ1v) is 7.77. The molecule has 0 atom stereocenters. The first kappa shape index (κ1) is 15.8. The van der Waals surface area contributed by atoms with Crippen LogP contribution in [-0.2, 0) is 14.4 Å². The van der Waals surface area contributed by atoms with Gasteiger partial charge in [0.25, 0.3) is 5.24 Å². The summed E-state index contributed by atoms with van der Waals surface area (Å²) < 4.78 is 0. The molecule has 0 saturated carbocycles. The van der Waals surface area contributed by atoms with Crippen molar-refractivity contribution < 1.29 is 19.2 Å². The minimum Gasteiger partial charge on any atom is -0.341 e. The van der Waals surface area contributed by atoms with Crippen molar-refractivity contribution in [2.45, 2.75) is 19.3 Å². The van der Waals surface area contributed by atoms with E-state index in [1.54, 1.807) is 4.90 Å². The Labute approximate surface area is 126 Å². The lowest BCUT2D eigenvalue weighted by molar-refractivity contribution is -0.139. The number of likely N-dealkylation sites (tertiary alicyclic amines) is 1. The number of thioether (sulfide) groups is 1. The number of nitrogens with zero attached hydrogens (tertiary/aromatic N) is 2. The van der Waals surface area contributed by atoms with Crippen molar-refractivity contribution in [1.29, 1.82) is 0 Å². The van der Waals surface area contributed by atoms with Gasteiger partial charge in [-0.15, -0.1) is 0 Å². The Hall–Kier alpha value is -1.61. The van der Waals surface area contributed by atoms with Gasteiger partial charge in [-0.25, -0.2) is 5.84 Å². The molecule has 2 heterocycles. The number of hydrogen-bond donors (Lipinski definition) is 2. The van der Waals surface area contributed by atoms with Crippen molar-refractivity contribution in [2.75, 3.05) is 25.4 Å². The second kappa shape index (κ2) is 6.90. The van der Waals surface area contributed by atoms with Crippen LogP contribution < -0.4 is 11.3 Å². The van der Waals surface area contributed by atoms with Gasteiger partial charge in [-0.05, 0) is 12.8 Å². The Bertz CT molecular complexity index is 446. The SMILES string of the molecule is NNC(=O)C1CCN(C(=O)CN2C(=O)CCSC2=O)CC1. The fourth-order valence-electron chi connectivity index (χ4n) is 2.44. The first-order valence-electron chi connectivity index (χ1n) is 6.78. The van der Waals surface area contributed by atoms with Gasteiger partial charge < -0.3 is 4.90 Å². The summed E-state index contributed by atoms with van der Waals surface area (Å²) >= 11 is 1.05. The maximum absolute atomic E-state index is 12.1. The summed E-state index contributed by atoms with van der Waals surface area (Å²) in [6, 6.07) is 0. The van der Waals surface area contributed by atoms with Crippen LogP contribution in [-0.4, -0.2) is 58.1 Å². The molecular weight excluding hydrogens is 296 g/mol. The fourth-order valence-corrected chi connectivity index (χ4v) is 3.21. The molecule has 2 rings (SSSR count). The molecule has 0 spiro atoms. The maximum atomic E-state index is 12.1. The topological polar surface area (TPSA) is 113 Å². The number of amides is 4. The van der Waals surface area contributed by atoms with E-state index in [4.69, 9.17) is 5.84 Å². The van der Waals surface area contributed by atoms with E-state index in [2.05, 4.69) is 5.43 Å². The first-order chi connectivity index (χ1) is 10.0. The highest BCUT2D eigenvalue weighted by atomic mass is 32.2. The highest BCUT2D eigenvalue weighted by Crippen LogP contribution is 2.20. The quantitative estimate of drug-likeness (QED) is 0.405. The minimum absolute atomic E-state index is 0.187. The molecule has 9 heteroatoms. The molecule has 0 aromatic heterocycles. The third-order valence-corrected chi connectivity index (χ3v) is 4.59. The number of hydrogen-bond acceptors (Lipinski definition) is 6. The van der Waals surface area contributed by atoms with Gasteiger partial charge in [0.05, 0.1) is 0 Å². The van der Waals surface area contributed by atoms with Crippen LogP contribution in [0.3, 0.4) is 0 Å². The van der Waals surface area contributed by atoms with E-state index in [1.165, 1.54) is 0 Å². The molecule has 0 aromatic rings. The molecule has 0 unspecified atom stereocenters. The van der Waals surface area contributed by atoms with Crippen LogP contribution in [0.4, 0.5) is 4.79 Å². The van der Waals surface area contributed by atoms with Crippen molar-refractivity contribution in [2.24, 2.45) is 11.8 Å². The molecule has 116 valence electrons. The number of nitrogens with two attached hydrogens (primary N) is 1. The second-order valence-corrected chi connectivity index (χ2v) is 6.05.